The summed E-state index contributed by atoms with van der Waals surface area (Å²) >= 11 is 1.55. The second-order valence-corrected chi connectivity index (χ2v) is 5.92. The van der Waals surface area contributed by atoms with Crippen LogP contribution in [0.5, 0.6) is 0 Å². The lowest BCUT2D eigenvalue weighted by Crippen LogP contribution is -2.46. The van der Waals surface area contributed by atoms with E-state index < -0.39 is 0 Å². The zero-order valence-electron chi connectivity index (χ0n) is 10.7. The molecule has 1 fully saturated rings. The van der Waals surface area contributed by atoms with Gasteiger partial charge >= 0.3 is 0 Å². The number of rotatable bonds is 3. The van der Waals surface area contributed by atoms with Gasteiger partial charge in [0.2, 0.25) is 5.91 Å². The molecule has 0 spiro atoms. The van der Waals surface area contributed by atoms with Crippen LogP contribution in [0.25, 0.3) is 10.1 Å². The number of nitrogens with zero attached hydrogens (tertiary/aromatic N) is 2. The van der Waals surface area contributed by atoms with Gasteiger partial charge < -0.3 is 5.32 Å². The zero-order valence-corrected chi connectivity index (χ0v) is 11.5. The fourth-order valence-electron chi connectivity index (χ4n) is 2.31. The first kappa shape index (κ1) is 13.0. The van der Waals surface area contributed by atoms with Gasteiger partial charge in [0.15, 0.2) is 0 Å². The highest BCUT2D eigenvalue weighted by Crippen LogP contribution is 2.29. The SMILES string of the molecule is O=C1CN(Cc2cc3ccc([N+](=O)[O-])cc3s2)CCN1. The van der Waals surface area contributed by atoms with E-state index in [4.69, 9.17) is 0 Å². The Morgan fingerprint density at radius 2 is 2.25 bits per heavy atom. The number of hydrogen-bond acceptors (Lipinski definition) is 5. The number of hydrogen-bond donors (Lipinski definition) is 1. The Bertz CT molecular complexity index is 683. The van der Waals surface area contributed by atoms with E-state index in [2.05, 4.69) is 10.2 Å². The van der Waals surface area contributed by atoms with Gasteiger partial charge in [0, 0.05) is 41.3 Å². The molecular weight excluding hydrogens is 278 g/mol. The molecule has 1 aliphatic heterocycles. The summed E-state index contributed by atoms with van der Waals surface area (Å²) in [4.78, 5) is 24.9. The Kier molecular flexibility index (Phi) is 3.37. The lowest BCUT2D eigenvalue weighted by atomic mass is 10.2. The van der Waals surface area contributed by atoms with E-state index in [1.165, 1.54) is 6.07 Å². The Labute approximate surface area is 119 Å². The Morgan fingerprint density at radius 1 is 1.40 bits per heavy atom. The molecule has 3 rings (SSSR count). The van der Waals surface area contributed by atoms with Crippen molar-refractivity contribution in [1.82, 2.24) is 10.2 Å². The molecule has 1 aliphatic rings. The number of thiophene rings is 1. The Hall–Kier alpha value is -1.99. The van der Waals surface area contributed by atoms with E-state index >= 15 is 0 Å². The van der Waals surface area contributed by atoms with Gasteiger partial charge in [-0.15, -0.1) is 11.3 Å². The van der Waals surface area contributed by atoms with Crippen LogP contribution in [0.3, 0.4) is 0 Å². The van der Waals surface area contributed by atoms with E-state index in [0.29, 0.717) is 19.6 Å². The predicted molar refractivity (Wildman–Crippen MR) is 76.8 cm³/mol. The van der Waals surface area contributed by atoms with Crippen LogP contribution in [-0.2, 0) is 11.3 Å². The molecule has 1 N–H and O–H groups in total. The molecule has 6 nitrogen and oxygen atoms in total. The molecule has 2 aromatic rings. The Balaban J connectivity index is 1.81. The summed E-state index contributed by atoms with van der Waals surface area (Å²) in [7, 11) is 0. The first-order valence-electron chi connectivity index (χ1n) is 6.28. The predicted octanol–water partition coefficient (Wildman–Crippen LogP) is 1.74. The topological polar surface area (TPSA) is 75.5 Å². The number of nitro groups is 1. The molecule has 0 saturated carbocycles. The van der Waals surface area contributed by atoms with Crippen molar-refractivity contribution in [2.24, 2.45) is 0 Å². The third-order valence-corrected chi connectivity index (χ3v) is 4.34. The smallest absolute Gasteiger partial charge is 0.270 e. The lowest BCUT2D eigenvalue weighted by Gasteiger charge is -2.25. The molecule has 0 unspecified atom stereocenters. The fraction of sp³-hybridized carbons (Fsp3) is 0.308. The fourth-order valence-corrected chi connectivity index (χ4v) is 3.45. The van der Waals surface area contributed by atoms with Crippen LogP contribution in [0, 0.1) is 10.1 Å². The molecule has 1 amide bonds. The summed E-state index contributed by atoms with van der Waals surface area (Å²) in [6, 6.07) is 6.94. The summed E-state index contributed by atoms with van der Waals surface area (Å²) in [5.74, 6) is 0.0491. The minimum atomic E-state index is -0.381. The van der Waals surface area contributed by atoms with E-state index in [9.17, 15) is 14.9 Å². The van der Waals surface area contributed by atoms with Crippen molar-refractivity contribution in [3.05, 3.63) is 39.3 Å². The maximum absolute atomic E-state index is 11.3. The molecule has 20 heavy (non-hydrogen) atoms. The van der Waals surface area contributed by atoms with Crippen LogP contribution in [0.4, 0.5) is 5.69 Å². The molecule has 104 valence electrons. The summed E-state index contributed by atoms with van der Waals surface area (Å²) in [6.07, 6.45) is 0. The second kappa shape index (κ2) is 5.18. The summed E-state index contributed by atoms with van der Waals surface area (Å²) < 4.78 is 0.913. The van der Waals surface area contributed by atoms with E-state index in [1.807, 2.05) is 6.07 Å². The van der Waals surface area contributed by atoms with Crippen LogP contribution in [0.1, 0.15) is 4.88 Å². The van der Waals surface area contributed by atoms with Gasteiger partial charge in [-0.2, -0.15) is 0 Å². The number of nitrogens with one attached hydrogen (secondary N) is 1. The van der Waals surface area contributed by atoms with Crippen LogP contribution in [0.15, 0.2) is 24.3 Å². The second-order valence-electron chi connectivity index (χ2n) is 4.75. The highest BCUT2D eigenvalue weighted by Gasteiger charge is 2.17. The monoisotopic (exact) mass is 291 g/mol. The summed E-state index contributed by atoms with van der Waals surface area (Å²) in [5.41, 5.74) is 0.114. The first-order valence-corrected chi connectivity index (χ1v) is 7.09. The number of benzene rings is 1. The number of amides is 1. The van der Waals surface area contributed by atoms with Crippen molar-refractivity contribution in [2.75, 3.05) is 19.6 Å². The van der Waals surface area contributed by atoms with Crippen LogP contribution in [-0.4, -0.2) is 35.4 Å². The standard InChI is InChI=1S/C13H13N3O3S/c17-13-8-15(4-3-14-13)7-11-5-9-1-2-10(16(18)19)6-12(9)20-11/h1-2,5-6H,3-4,7-8H2,(H,14,17). The molecule has 1 aromatic heterocycles. The summed E-state index contributed by atoms with van der Waals surface area (Å²) in [5, 5.41) is 14.6. The van der Waals surface area contributed by atoms with E-state index in [0.717, 1.165) is 21.5 Å². The van der Waals surface area contributed by atoms with Crippen molar-refractivity contribution < 1.29 is 9.72 Å². The summed E-state index contributed by atoms with van der Waals surface area (Å²) in [6.45, 7) is 2.63. The Morgan fingerprint density at radius 3 is 3.00 bits per heavy atom. The van der Waals surface area contributed by atoms with Gasteiger partial charge in [-0.3, -0.25) is 19.8 Å². The normalized spacial score (nSPS) is 16.3. The van der Waals surface area contributed by atoms with Crippen molar-refractivity contribution in [3.63, 3.8) is 0 Å². The average Bonchev–Trinajstić information content (AvgIpc) is 2.79. The van der Waals surface area contributed by atoms with Crippen LogP contribution < -0.4 is 5.32 Å². The average molecular weight is 291 g/mol. The zero-order chi connectivity index (χ0) is 14.1. The third-order valence-electron chi connectivity index (χ3n) is 3.26. The molecule has 2 heterocycles. The molecular formula is C13H13N3O3S. The quantitative estimate of drug-likeness (QED) is 0.690. The number of non-ortho nitro benzene ring substituents is 1. The van der Waals surface area contributed by atoms with Crippen LogP contribution >= 0.6 is 11.3 Å². The van der Waals surface area contributed by atoms with Gasteiger partial charge in [0.25, 0.3) is 5.69 Å². The van der Waals surface area contributed by atoms with Crippen molar-refractivity contribution in [2.45, 2.75) is 6.54 Å². The number of piperazine rings is 1. The molecule has 0 radical (unpaired) electrons. The largest absolute Gasteiger partial charge is 0.354 e. The van der Waals surface area contributed by atoms with Gasteiger partial charge in [0.1, 0.15) is 0 Å². The number of fused-ring (bicyclic) bond motifs is 1. The highest BCUT2D eigenvalue weighted by atomic mass is 32.1. The van der Waals surface area contributed by atoms with Gasteiger partial charge in [-0.05, 0) is 17.5 Å². The van der Waals surface area contributed by atoms with Gasteiger partial charge in [0.05, 0.1) is 11.5 Å². The maximum Gasteiger partial charge on any atom is 0.270 e. The van der Waals surface area contributed by atoms with Gasteiger partial charge in [-0.25, -0.2) is 0 Å². The molecule has 0 atom stereocenters. The van der Waals surface area contributed by atoms with E-state index in [-0.39, 0.29) is 16.5 Å². The lowest BCUT2D eigenvalue weighted by molar-refractivity contribution is -0.384. The van der Waals surface area contributed by atoms with E-state index in [1.54, 1.807) is 23.5 Å². The van der Waals surface area contributed by atoms with Crippen LogP contribution in [0.2, 0.25) is 0 Å². The maximum atomic E-state index is 11.3. The minimum absolute atomic E-state index is 0.0491. The molecule has 7 heteroatoms. The first-order chi connectivity index (χ1) is 9.61. The molecule has 1 saturated heterocycles. The third kappa shape index (κ3) is 2.63. The number of carbonyl (C=O) groups excluding carboxylic acids is 1. The highest BCUT2D eigenvalue weighted by molar-refractivity contribution is 7.19. The van der Waals surface area contributed by atoms with Crippen molar-refractivity contribution >= 4 is 33.0 Å². The number of nitro benzene ring substituents is 1. The minimum Gasteiger partial charge on any atom is -0.354 e. The molecule has 0 aliphatic carbocycles. The van der Waals surface area contributed by atoms with Crippen molar-refractivity contribution in [3.8, 4) is 0 Å². The number of carbonyl (C=O) groups is 1. The molecule has 0 bridgehead atoms. The molecule has 1 aromatic carbocycles. The van der Waals surface area contributed by atoms with Gasteiger partial charge in [-0.1, -0.05) is 0 Å². The van der Waals surface area contributed by atoms with Crippen molar-refractivity contribution in [1.29, 1.82) is 0 Å².